The molecule has 1 nitrogen and oxygen atoms in total. The van der Waals surface area contributed by atoms with Crippen LogP contribution in [0.2, 0.25) is 0 Å². The second-order valence-electron chi connectivity index (χ2n) is 2.49. The Balaban J connectivity index is 2.95. The molecule has 0 amide bonds. The molecule has 1 aromatic carbocycles. The summed E-state index contributed by atoms with van der Waals surface area (Å²) in [5, 5.41) is 0.730. The number of hydrogen-bond donors (Lipinski definition) is 0. The molecule has 13 heavy (non-hydrogen) atoms. The summed E-state index contributed by atoms with van der Waals surface area (Å²) >= 11 is 7.70. The summed E-state index contributed by atoms with van der Waals surface area (Å²) in [6.07, 6.45) is 0.566. The third-order valence-corrected chi connectivity index (χ3v) is 3.51. The minimum Gasteiger partial charge on any atom is -0.294 e. The normalized spacial score (nSPS) is 10.1. The molecule has 0 aliphatic rings. The van der Waals surface area contributed by atoms with Crippen molar-refractivity contribution < 1.29 is 4.79 Å². The van der Waals surface area contributed by atoms with Crippen molar-refractivity contribution in [2.75, 3.05) is 5.33 Å². The lowest BCUT2D eigenvalue weighted by Crippen LogP contribution is -2.02. The summed E-state index contributed by atoms with van der Waals surface area (Å²) in [5.74, 6) is 0.206. The van der Waals surface area contributed by atoms with E-state index in [1.807, 2.05) is 18.2 Å². The third kappa shape index (κ3) is 3.47. The van der Waals surface area contributed by atoms with Crippen molar-refractivity contribution in [1.82, 2.24) is 0 Å². The first kappa shape index (κ1) is 11.9. The maximum atomic E-state index is 11.5. The van der Waals surface area contributed by atoms with Gasteiger partial charge in [-0.25, -0.2) is 0 Å². The van der Waals surface area contributed by atoms with Crippen LogP contribution >= 0.6 is 61.1 Å². The quantitative estimate of drug-likeness (QED) is 0.377. The molecule has 0 N–H and O–H groups in total. The predicted molar refractivity (Wildman–Crippen MR) is 74.6 cm³/mol. The highest BCUT2D eigenvalue weighted by Gasteiger charge is 2.08. The van der Waals surface area contributed by atoms with E-state index in [2.05, 4.69) is 61.1 Å². The number of ketones is 1. The molecule has 0 saturated heterocycles. The Kier molecular flexibility index (Phi) is 5.17. The molecule has 4 heteroatoms. The topological polar surface area (TPSA) is 17.1 Å². The van der Waals surface area contributed by atoms with E-state index in [4.69, 9.17) is 0 Å². The molecule has 0 aliphatic heterocycles. The van der Waals surface area contributed by atoms with Crippen LogP contribution in [0.15, 0.2) is 18.2 Å². The van der Waals surface area contributed by atoms with E-state index in [0.717, 1.165) is 18.0 Å². The SMILES string of the molecule is O=C(CCBr)c1ccc(I)cc1I. The summed E-state index contributed by atoms with van der Waals surface area (Å²) in [5.41, 5.74) is 0.834. The highest BCUT2D eigenvalue weighted by molar-refractivity contribution is 14.1. The molecular weight excluding hydrogens is 458 g/mol. The summed E-state index contributed by atoms with van der Waals surface area (Å²) in [6, 6.07) is 5.88. The molecule has 0 atom stereocenters. The van der Waals surface area contributed by atoms with E-state index < -0.39 is 0 Å². The van der Waals surface area contributed by atoms with Gasteiger partial charge in [0.15, 0.2) is 5.78 Å². The Morgan fingerprint density at radius 1 is 1.38 bits per heavy atom. The second kappa shape index (κ2) is 5.65. The molecule has 0 bridgehead atoms. The van der Waals surface area contributed by atoms with Gasteiger partial charge in [0, 0.05) is 24.5 Å². The van der Waals surface area contributed by atoms with E-state index >= 15 is 0 Å². The van der Waals surface area contributed by atoms with Crippen LogP contribution in [0.25, 0.3) is 0 Å². The third-order valence-electron chi connectivity index (χ3n) is 1.55. The number of hydrogen-bond acceptors (Lipinski definition) is 1. The highest BCUT2D eigenvalue weighted by atomic mass is 127. The fraction of sp³-hybridized carbons (Fsp3) is 0.222. The summed E-state index contributed by atoms with van der Waals surface area (Å²) in [6.45, 7) is 0. The van der Waals surface area contributed by atoms with Gasteiger partial charge in [-0.2, -0.15) is 0 Å². The van der Waals surface area contributed by atoms with Crippen molar-refractivity contribution >= 4 is 66.9 Å². The number of carbonyl (C=O) groups is 1. The van der Waals surface area contributed by atoms with Crippen LogP contribution in [0.1, 0.15) is 16.8 Å². The van der Waals surface area contributed by atoms with E-state index in [9.17, 15) is 4.79 Å². The lowest BCUT2D eigenvalue weighted by atomic mass is 10.1. The van der Waals surface area contributed by atoms with Crippen molar-refractivity contribution in [3.05, 3.63) is 30.9 Å². The summed E-state index contributed by atoms with van der Waals surface area (Å²) in [4.78, 5) is 11.5. The Hall–Kier alpha value is 0.830. The van der Waals surface area contributed by atoms with Crippen LogP contribution in [0.3, 0.4) is 0 Å². The van der Waals surface area contributed by atoms with Crippen molar-refractivity contribution in [1.29, 1.82) is 0 Å². The fourth-order valence-electron chi connectivity index (χ4n) is 0.936. The van der Waals surface area contributed by atoms with Crippen LogP contribution in [0, 0.1) is 7.14 Å². The number of carbonyl (C=O) groups excluding carboxylic acids is 1. The van der Waals surface area contributed by atoms with Gasteiger partial charge in [-0.05, 0) is 63.4 Å². The summed E-state index contributed by atoms with van der Waals surface area (Å²) in [7, 11) is 0. The zero-order valence-corrected chi connectivity index (χ0v) is 12.6. The number of rotatable bonds is 3. The van der Waals surface area contributed by atoms with Crippen LogP contribution in [0.5, 0.6) is 0 Å². The molecule has 0 radical (unpaired) electrons. The maximum absolute atomic E-state index is 11.5. The minimum atomic E-state index is 0.206. The highest BCUT2D eigenvalue weighted by Crippen LogP contribution is 2.17. The van der Waals surface area contributed by atoms with E-state index in [1.165, 1.54) is 0 Å². The number of benzene rings is 1. The van der Waals surface area contributed by atoms with E-state index in [1.54, 1.807) is 0 Å². The molecule has 0 spiro atoms. The molecule has 0 heterocycles. The molecule has 0 saturated carbocycles. The van der Waals surface area contributed by atoms with Crippen LogP contribution < -0.4 is 0 Å². The lowest BCUT2D eigenvalue weighted by molar-refractivity contribution is 0.0989. The predicted octanol–water partition coefficient (Wildman–Crippen LogP) is 3.86. The Morgan fingerprint density at radius 2 is 2.08 bits per heavy atom. The fourth-order valence-corrected chi connectivity index (χ4v) is 3.20. The zero-order valence-electron chi connectivity index (χ0n) is 6.69. The smallest absolute Gasteiger partial charge is 0.164 e. The molecule has 0 aliphatic carbocycles. The first-order chi connectivity index (χ1) is 6.15. The van der Waals surface area contributed by atoms with Gasteiger partial charge >= 0.3 is 0 Å². The minimum absolute atomic E-state index is 0.206. The molecular formula is C9H7BrI2O. The molecule has 1 rings (SSSR count). The van der Waals surface area contributed by atoms with Crippen molar-refractivity contribution in [3.63, 3.8) is 0 Å². The Morgan fingerprint density at radius 3 is 2.62 bits per heavy atom. The monoisotopic (exact) mass is 464 g/mol. The number of halogens is 3. The Labute approximate surface area is 113 Å². The molecule has 0 fully saturated rings. The standard InChI is InChI=1S/C9H7BrI2O/c10-4-3-9(13)7-2-1-6(11)5-8(7)12/h1-2,5H,3-4H2. The molecule has 70 valence electrons. The molecule has 1 aromatic rings. The first-order valence-electron chi connectivity index (χ1n) is 3.69. The second-order valence-corrected chi connectivity index (χ2v) is 5.69. The van der Waals surface area contributed by atoms with E-state index in [-0.39, 0.29) is 5.78 Å². The van der Waals surface area contributed by atoms with Gasteiger partial charge in [0.2, 0.25) is 0 Å². The average molecular weight is 465 g/mol. The summed E-state index contributed by atoms with van der Waals surface area (Å²) < 4.78 is 2.20. The van der Waals surface area contributed by atoms with Crippen LogP contribution in [0.4, 0.5) is 0 Å². The van der Waals surface area contributed by atoms with Gasteiger partial charge in [0.25, 0.3) is 0 Å². The van der Waals surface area contributed by atoms with Crippen LogP contribution in [-0.4, -0.2) is 11.1 Å². The van der Waals surface area contributed by atoms with Gasteiger partial charge in [-0.15, -0.1) is 0 Å². The lowest BCUT2D eigenvalue weighted by Gasteiger charge is -2.02. The van der Waals surface area contributed by atoms with Gasteiger partial charge < -0.3 is 0 Å². The zero-order chi connectivity index (χ0) is 9.84. The maximum Gasteiger partial charge on any atom is 0.164 e. The van der Waals surface area contributed by atoms with Crippen LogP contribution in [-0.2, 0) is 0 Å². The Bertz CT molecular complexity index is 325. The van der Waals surface area contributed by atoms with Gasteiger partial charge in [0.05, 0.1) is 0 Å². The number of alkyl halides is 1. The molecule has 0 unspecified atom stereocenters. The number of Topliss-reactive ketones (excluding diaryl/α,β-unsaturated/α-hetero) is 1. The van der Waals surface area contributed by atoms with Gasteiger partial charge in [-0.1, -0.05) is 15.9 Å². The van der Waals surface area contributed by atoms with Gasteiger partial charge in [-0.3, -0.25) is 4.79 Å². The van der Waals surface area contributed by atoms with Gasteiger partial charge in [0.1, 0.15) is 0 Å². The van der Waals surface area contributed by atoms with Crippen molar-refractivity contribution in [3.8, 4) is 0 Å². The largest absolute Gasteiger partial charge is 0.294 e. The average Bonchev–Trinajstić information content (AvgIpc) is 2.04. The molecule has 0 aromatic heterocycles. The van der Waals surface area contributed by atoms with Crippen molar-refractivity contribution in [2.24, 2.45) is 0 Å². The first-order valence-corrected chi connectivity index (χ1v) is 6.97. The van der Waals surface area contributed by atoms with E-state index in [0.29, 0.717) is 6.42 Å². The van der Waals surface area contributed by atoms with Crippen molar-refractivity contribution in [2.45, 2.75) is 6.42 Å².